The van der Waals surface area contributed by atoms with E-state index in [-0.39, 0.29) is 11.9 Å². The van der Waals surface area contributed by atoms with E-state index in [0.29, 0.717) is 34.0 Å². The van der Waals surface area contributed by atoms with Crippen LogP contribution in [0.15, 0.2) is 47.7 Å². The molecule has 3 N–H and O–H groups in total. The van der Waals surface area contributed by atoms with Crippen LogP contribution in [0, 0.1) is 13.8 Å². The van der Waals surface area contributed by atoms with Gasteiger partial charge in [0.05, 0.1) is 25.8 Å². The van der Waals surface area contributed by atoms with E-state index < -0.39 is 6.04 Å². The van der Waals surface area contributed by atoms with Gasteiger partial charge < -0.3 is 25.4 Å². The van der Waals surface area contributed by atoms with Crippen molar-refractivity contribution in [3.63, 3.8) is 0 Å². The Labute approximate surface area is 170 Å². The molecule has 1 atom stereocenters. The summed E-state index contributed by atoms with van der Waals surface area (Å²) in [5.41, 5.74) is 4.47. The molecule has 0 spiro atoms. The molecule has 7 nitrogen and oxygen atoms in total. The Morgan fingerprint density at radius 1 is 1.00 bits per heavy atom. The smallest absolute Gasteiger partial charge is 0.319 e. The van der Waals surface area contributed by atoms with Gasteiger partial charge in [0.2, 0.25) is 0 Å². The number of nitrogens with one attached hydrogen (secondary N) is 3. The summed E-state index contributed by atoms with van der Waals surface area (Å²) in [4.78, 5) is 25.3. The van der Waals surface area contributed by atoms with Crippen LogP contribution in [0.3, 0.4) is 0 Å². The van der Waals surface area contributed by atoms with Gasteiger partial charge in [-0.05, 0) is 56.2 Å². The van der Waals surface area contributed by atoms with Gasteiger partial charge in [-0.1, -0.05) is 6.07 Å². The lowest BCUT2D eigenvalue weighted by Gasteiger charge is -2.29. The summed E-state index contributed by atoms with van der Waals surface area (Å²) in [6.07, 6.45) is 0. The Morgan fingerprint density at radius 2 is 1.76 bits per heavy atom. The molecule has 0 aromatic heterocycles. The number of methoxy groups -OCH3 is 2. The summed E-state index contributed by atoms with van der Waals surface area (Å²) in [5, 5.41) is 8.43. The highest BCUT2D eigenvalue weighted by atomic mass is 16.5. The predicted octanol–water partition coefficient (Wildman–Crippen LogP) is 3.59. The molecule has 29 heavy (non-hydrogen) atoms. The van der Waals surface area contributed by atoms with Crippen molar-refractivity contribution in [3.8, 4) is 11.5 Å². The number of benzene rings is 2. The molecule has 1 aliphatic heterocycles. The first-order valence-corrected chi connectivity index (χ1v) is 9.23. The standard InChI is InChI=1S/C22H25N3O4/c1-12-6-7-15(10-13(12)2)24-21(26)19-14(3)23-22(27)25-20(19)17-9-8-16(28-4)11-18(17)29-5/h6-11,20H,1-5H3,(H,24,26)(H2,23,25,27)/t20-/m0/s1. The normalized spacial score (nSPS) is 16.0. The van der Waals surface area contributed by atoms with Crippen LogP contribution in [-0.4, -0.2) is 26.2 Å². The first-order valence-electron chi connectivity index (χ1n) is 9.23. The predicted molar refractivity (Wildman–Crippen MR) is 111 cm³/mol. The summed E-state index contributed by atoms with van der Waals surface area (Å²) in [6.45, 7) is 5.71. The SMILES string of the molecule is COc1ccc([C@@H]2NC(=O)NC(C)=C2C(=O)Nc2ccc(C)c(C)c2)c(OC)c1. The monoisotopic (exact) mass is 395 g/mol. The molecule has 0 aliphatic carbocycles. The maximum atomic E-state index is 13.2. The van der Waals surface area contributed by atoms with Crippen LogP contribution in [0.4, 0.5) is 10.5 Å². The number of ether oxygens (including phenoxy) is 2. The third-order valence-corrected chi connectivity index (χ3v) is 5.03. The molecule has 1 aliphatic rings. The molecular weight excluding hydrogens is 370 g/mol. The van der Waals surface area contributed by atoms with Gasteiger partial charge in [0.15, 0.2) is 0 Å². The highest BCUT2D eigenvalue weighted by molar-refractivity contribution is 6.07. The van der Waals surface area contributed by atoms with E-state index in [0.717, 1.165) is 11.1 Å². The fourth-order valence-corrected chi connectivity index (χ4v) is 3.30. The number of rotatable bonds is 5. The minimum absolute atomic E-state index is 0.305. The lowest BCUT2D eigenvalue weighted by molar-refractivity contribution is -0.113. The second kappa shape index (κ2) is 8.26. The van der Waals surface area contributed by atoms with Crippen molar-refractivity contribution in [1.82, 2.24) is 10.6 Å². The van der Waals surface area contributed by atoms with E-state index in [9.17, 15) is 9.59 Å². The van der Waals surface area contributed by atoms with Gasteiger partial charge in [-0.25, -0.2) is 4.79 Å². The number of urea groups is 1. The molecule has 7 heteroatoms. The van der Waals surface area contributed by atoms with Crippen LogP contribution in [-0.2, 0) is 4.79 Å². The van der Waals surface area contributed by atoms with Crippen molar-refractivity contribution in [2.75, 3.05) is 19.5 Å². The van der Waals surface area contributed by atoms with Gasteiger partial charge >= 0.3 is 6.03 Å². The molecule has 2 aromatic rings. The third kappa shape index (κ3) is 4.18. The Hall–Kier alpha value is -3.48. The van der Waals surface area contributed by atoms with Gasteiger partial charge in [-0.15, -0.1) is 0 Å². The van der Waals surface area contributed by atoms with Crippen LogP contribution < -0.4 is 25.4 Å². The van der Waals surface area contributed by atoms with Gasteiger partial charge in [-0.2, -0.15) is 0 Å². The molecule has 0 saturated heterocycles. The Bertz CT molecular complexity index is 998. The molecule has 2 aromatic carbocycles. The van der Waals surface area contributed by atoms with E-state index >= 15 is 0 Å². The average Bonchev–Trinajstić information content (AvgIpc) is 2.69. The second-order valence-electron chi connectivity index (χ2n) is 6.93. The van der Waals surface area contributed by atoms with Gasteiger partial charge in [-0.3, -0.25) is 4.79 Å². The number of hydrogen-bond acceptors (Lipinski definition) is 4. The first kappa shape index (κ1) is 20.3. The first-order chi connectivity index (χ1) is 13.8. The highest BCUT2D eigenvalue weighted by Gasteiger charge is 2.33. The van der Waals surface area contributed by atoms with E-state index in [1.165, 1.54) is 7.11 Å². The molecule has 152 valence electrons. The topological polar surface area (TPSA) is 88.7 Å². The molecular formula is C22H25N3O4. The Kier molecular flexibility index (Phi) is 5.77. The zero-order chi connectivity index (χ0) is 21.1. The number of amides is 3. The minimum Gasteiger partial charge on any atom is -0.497 e. The molecule has 0 unspecified atom stereocenters. The van der Waals surface area contributed by atoms with Crippen molar-refractivity contribution >= 4 is 17.6 Å². The van der Waals surface area contributed by atoms with Crippen LogP contribution >= 0.6 is 0 Å². The molecule has 0 fully saturated rings. The van der Waals surface area contributed by atoms with Crippen LogP contribution in [0.25, 0.3) is 0 Å². The number of allylic oxidation sites excluding steroid dienone is 1. The van der Waals surface area contributed by atoms with Crippen molar-refractivity contribution in [3.05, 3.63) is 64.4 Å². The number of carbonyl (C=O) groups excluding carboxylic acids is 2. The summed E-state index contributed by atoms with van der Waals surface area (Å²) >= 11 is 0. The fourth-order valence-electron chi connectivity index (χ4n) is 3.30. The molecule has 0 radical (unpaired) electrons. The van der Waals surface area contributed by atoms with E-state index in [1.54, 1.807) is 32.2 Å². The van der Waals surface area contributed by atoms with Crippen molar-refractivity contribution < 1.29 is 19.1 Å². The van der Waals surface area contributed by atoms with Gasteiger partial charge in [0.25, 0.3) is 5.91 Å². The maximum absolute atomic E-state index is 13.2. The summed E-state index contributed by atoms with van der Waals surface area (Å²) in [6, 6.07) is 9.94. The number of hydrogen-bond donors (Lipinski definition) is 3. The molecule has 3 amide bonds. The molecule has 1 heterocycles. The van der Waals surface area contributed by atoms with Crippen LogP contribution in [0.5, 0.6) is 11.5 Å². The summed E-state index contributed by atoms with van der Waals surface area (Å²) in [5.74, 6) is 0.828. The van der Waals surface area contributed by atoms with Crippen molar-refractivity contribution in [2.24, 2.45) is 0 Å². The minimum atomic E-state index is -0.670. The maximum Gasteiger partial charge on any atom is 0.319 e. The molecule has 0 bridgehead atoms. The van der Waals surface area contributed by atoms with E-state index in [1.807, 2.05) is 32.0 Å². The zero-order valence-electron chi connectivity index (χ0n) is 17.2. The lowest BCUT2D eigenvalue weighted by Crippen LogP contribution is -2.46. The van der Waals surface area contributed by atoms with E-state index in [2.05, 4.69) is 16.0 Å². The quantitative estimate of drug-likeness (QED) is 0.722. The summed E-state index contributed by atoms with van der Waals surface area (Å²) in [7, 11) is 3.10. The van der Waals surface area contributed by atoms with Crippen LogP contribution in [0.2, 0.25) is 0 Å². The number of aryl methyl sites for hydroxylation is 2. The van der Waals surface area contributed by atoms with Crippen molar-refractivity contribution in [2.45, 2.75) is 26.8 Å². The number of anilines is 1. The van der Waals surface area contributed by atoms with E-state index in [4.69, 9.17) is 9.47 Å². The number of carbonyl (C=O) groups is 2. The molecule has 0 saturated carbocycles. The van der Waals surface area contributed by atoms with Crippen LogP contribution in [0.1, 0.15) is 29.7 Å². The third-order valence-electron chi connectivity index (χ3n) is 5.03. The largest absolute Gasteiger partial charge is 0.497 e. The summed E-state index contributed by atoms with van der Waals surface area (Å²) < 4.78 is 10.7. The Morgan fingerprint density at radius 3 is 2.41 bits per heavy atom. The fraction of sp³-hybridized carbons (Fsp3) is 0.273. The lowest BCUT2D eigenvalue weighted by atomic mass is 9.94. The second-order valence-corrected chi connectivity index (χ2v) is 6.93. The Balaban J connectivity index is 2.00. The average molecular weight is 395 g/mol. The highest BCUT2D eigenvalue weighted by Crippen LogP contribution is 2.35. The van der Waals surface area contributed by atoms with Crippen molar-refractivity contribution in [1.29, 1.82) is 0 Å². The zero-order valence-corrected chi connectivity index (χ0v) is 17.2. The molecule has 3 rings (SSSR count). The van der Waals surface area contributed by atoms with Gasteiger partial charge in [0, 0.05) is 23.0 Å². The van der Waals surface area contributed by atoms with Gasteiger partial charge in [0.1, 0.15) is 11.5 Å².